The smallest absolute Gasteiger partial charge is 0.251 e. The zero-order chi connectivity index (χ0) is 18.1. The third-order valence-electron chi connectivity index (χ3n) is 4.17. The number of benzene rings is 1. The fourth-order valence-electron chi connectivity index (χ4n) is 2.82. The number of aliphatic imine (C=N–C) groups is 1. The highest BCUT2D eigenvalue weighted by atomic mass is 127. The summed E-state index contributed by atoms with van der Waals surface area (Å²) in [4.78, 5) is 6.39. The van der Waals surface area contributed by atoms with Crippen LogP contribution in [0.4, 0.5) is 8.78 Å². The molecule has 0 unspecified atom stereocenters. The predicted octanol–water partition coefficient (Wildman–Crippen LogP) is 2.96. The van der Waals surface area contributed by atoms with Crippen LogP contribution in [0.1, 0.15) is 30.9 Å². The van der Waals surface area contributed by atoms with Crippen molar-refractivity contribution >= 4 is 29.9 Å². The molecule has 1 saturated heterocycles. The van der Waals surface area contributed by atoms with E-state index in [1.54, 1.807) is 12.1 Å². The van der Waals surface area contributed by atoms with Crippen LogP contribution in [0.15, 0.2) is 29.3 Å². The van der Waals surface area contributed by atoms with Crippen molar-refractivity contribution in [2.75, 3.05) is 26.2 Å². The van der Waals surface area contributed by atoms with Crippen molar-refractivity contribution in [2.45, 2.75) is 38.8 Å². The first kappa shape index (κ1) is 22.6. The van der Waals surface area contributed by atoms with Crippen LogP contribution in [0.3, 0.4) is 0 Å². The first-order valence-electron chi connectivity index (χ1n) is 8.65. The molecule has 1 aromatic carbocycles. The number of hydrogen-bond acceptors (Lipinski definition) is 3. The van der Waals surface area contributed by atoms with Gasteiger partial charge >= 0.3 is 0 Å². The van der Waals surface area contributed by atoms with Crippen LogP contribution in [0.5, 0.6) is 0 Å². The third kappa shape index (κ3) is 7.83. The lowest BCUT2D eigenvalue weighted by molar-refractivity contribution is 0.0744. The lowest BCUT2D eigenvalue weighted by Crippen LogP contribution is -2.49. The number of guanidine groups is 1. The first-order chi connectivity index (χ1) is 12.1. The number of likely N-dealkylation sites (tertiary alicyclic amines) is 1. The van der Waals surface area contributed by atoms with Crippen molar-refractivity contribution in [1.29, 1.82) is 5.26 Å². The molecule has 0 amide bonds. The largest absolute Gasteiger partial charge is 0.357 e. The van der Waals surface area contributed by atoms with Crippen molar-refractivity contribution in [1.82, 2.24) is 15.5 Å². The van der Waals surface area contributed by atoms with Gasteiger partial charge in [-0.3, -0.25) is 4.90 Å². The fourth-order valence-corrected chi connectivity index (χ4v) is 2.82. The molecule has 0 aromatic heterocycles. The molecule has 1 heterocycles. The number of nitrogens with zero attached hydrogens (tertiary/aromatic N) is 3. The van der Waals surface area contributed by atoms with Gasteiger partial charge in [-0.05, 0) is 37.5 Å². The van der Waals surface area contributed by atoms with E-state index in [9.17, 15) is 8.78 Å². The zero-order valence-electron chi connectivity index (χ0n) is 14.9. The lowest BCUT2D eigenvalue weighted by Gasteiger charge is -2.32. The summed E-state index contributed by atoms with van der Waals surface area (Å²) in [5.74, 6) is 0.735. The van der Waals surface area contributed by atoms with E-state index in [0.717, 1.165) is 30.9 Å². The molecule has 8 heteroatoms. The molecule has 0 bridgehead atoms. The number of nitrogens with one attached hydrogen (secondary N) is 2. The van der Waals surface area contributed by atoms with E-state index in [4.69, 9.17) is 5.26 Å². The SMILES string of the molecule is CCNC(=NCc1ccc(C#N)cc1)NC1CCN(CC(F)F)CC1.I. The summed E-state index contributed by atoms with van der Waals surface area (Å²) in [6.07, 6.45) is -0.613. The Morgan fingerprint density at radius 2 is 1.96 bits per heavy atom. The fraction of sp³-hybridized carbons (Fsp3) is 0.556. The van der Waals surface area contributed by atoms with Gasteiger partial charge in [0.2, 0.25) is 0 Å². The minimum Gasteiger partial charge on any atom is -0.357 e. The summed E-state index contributed by atoms with van der Waals surface area (Å²) < 4.78 is 24.9. The Morgan fingerprint density at radius 3 is 2.50 bits per heavy atom. The minimum atomic E-state index is -2.27. The molecule has 2 rings (SSSR count). The second kappa shape index (κ2) is 12.0. The summed E-state index contributed by atoms with van der Waals surface area (Å²) in [5, 5.41) is 15.4. The molecule has 5 nitrogen and oxygen atoms in total. The Morgan fingerprint density at radius 1 is 1.31 bits per heavy atom. The van der Waals surface area contributed by atoms with E-state index < -0.39 is 6.43 Å². The van der Waals surface area contributed by atoms with Crippen LogP contribution in [0, 0.1) is 11.3 Å². The maximum atomic E-state index is 12.4. The van der Waals surface area contributed by atoms with Gasteiger partial charge in [0, 0.05) is 25.7 Å². The zero-order valence-corrected chi connectivity index (χ0v) is 17.3. The highest BCUT2D eigenvalue weighted by molar-refractivity contribution is 14.0. The van der Waals surface area contributed by atoms with E-state index in [1.165, 1.54) is 0 Å². The van der Waals surface area contributed by atoms with Crippen LogP contribution in [0.2, 0.25) is 0 Å². The van der Waals surface area contributed by atoms with Crippen LogP contribution in [0.25, 0.3) is 0 Å². The number of halogens is 3. The maximum Gasteiger partial charge on any atom is 0.251 e. The van der Waals surface area contributed by atoms with Gasteiger partial charge in [0.15, 0.2) is 5.96 Å². The Balaban J connectivity index is 0.00000338. The van der Waals surface area contributed by atoms with Gasteiger partial charge < -0.3 is 10.6 Å². The molecule has 26 heavy (non-hydrogen) atoms. The first-order valence-corrected chi connectivity index (χ1v) is 8.65. The average molecular weight is 477 g/mol. The molecule has 0 aliphatic carbocycles. The number of alkyl halides is 2. The Bertz CT molecular complexity index is 593. The Kier molecular flexibility index (Phi) is 10.4. The van der Waals surface area contributed by atoms with Gasteiger partial charge in [0.05, 0.1) is 24.7 Å². The van der Waals surface area contributed by atoms with E-state index in [-0.39, 0.29) is 36.6 Å². The summed E-state index contributed by atoms with van der Waals surface area (Å²) in [5.41, 5.74) is 1.66. The van der Waals surface area contributed by atoms with Crippen molar-refractivity contribution in [3.8, 4) is 6.07 Å². The molecule has 1 aromatic rings. The van der Waals surface area contributed by atoms with Crippen molar-refractivity contribution in [3.63, 3.8) is 0 Å². The quantitative estimate of drug-likeness (QED) is 0.376. The van der Waals surface area contributed by atoms with E-state index >= 15 is 0 Å². The molecule has 144 valence electrons. The molecule has 0 atom stereocenters. The van der Waals surface area contributed by atoms with Gasteiger partial charge in [-0.2, -0.15) is 5.26 Å². The van der Waals surface area contributed by atoms with E-state index in [2.05, 4.69) is 21.7 Å². The molecule has 0 spiro atoms. The van der Waals surface area contributed by atoms with Gasteiger partial charge in [-0.25, -0.2) is 13.8 Å². The third-order valence-corrected chi connectivity index (χ3v) is 4.17. The molecular weight excluding hydrogens is 451 g/mol. The number of rotatable bonds is 6. The van der Waals surface area contributed by atoms with Crippen molar-refractivity contribution < 1.29 is 8.78 Å². The second-order valence-electron chi connectivity index (χ2n) is 6.11. The molecular formula is C18H26F2IN5. The standard InChI is InChI=1S/C18H25F2N5.HI/c1-2-22-18(23-12-15-5-3-14(11-21)4-6-15)24-16-7-9-25(10-8-16)13-17(19)20;/h3-6,16-17H,2,7-10,12-13H2,1H3,(H2,22,23,24);1H. The van der Waals surface area contributed by atoms with Gasteiger partial charge in [0.1, 0.15) is 0 Å². The average Bonchev–Trinajstić information content (AvgIpc) is 2.61. The maximum absolute atomic E-state index is 12.4. The lowest BCUT2D eigenvalue weighted by atomic mass is 10.1. The van der Waals surface area contributed by atoms with Crippen LogP contribution in [-0.2, 0) is 6.54 Å². The monoisotopic (exact) mass is 477 g/mol. The molecule has 0 saturated carbocycles. The molecule has 1 aliphatic heterocycles. The normalized spacial score (nSPS) is 16.0. The summed E-state index contributed by atoms with van der Waals surface area (Å²) in [6.45, 7) is 4.49. The van der Waals surface area contributed by atoms with Crippen molar-refractivity contribution in [3.05, 3.63) is 35.4 Å². The summed E-state index contributed by atoms with van der Waals surface area (Å²) >= 11 is 0. The minimum absolute atomic E-state index is 0. The molecule has 2 N–H and O–H groups in total. The van der Waals surface area contributed by atoms with Crippen LogP contribution < -0.4 is 10.6 Å². The predicted molar refractivity (Wildman–Crippen MR) is 110 cm³/mol. The number of hydrogen-bond donors (Lipinski definition) is 2. The Hall–Kier alpha value is -1.47. The second-order valence-corrected chi connectivity index (χ2v) is 6.11. The number of nitriles is 1. The molecule has 0 radical (unpaired) electrons. The van der Waals surface area contributed by atoms with E-state index in [1.807, 2.05) is 24.0 Å². The van der Waals surface area contributed by atoms with Gasteiger partial charge in [-0.15, -0.1) is 24.0 Å². The number of piperidine rings is 1. The molecule has 1 fully saturated rings. The Labute approximate surface area is 170 Å². The van der Waals surface area contributed by atoms with Gasteiger partial charge in [-0.1, -0.05) is 12.1 Å². The molecule has 1 aliphatic rings. The topological polar surface area (TPSA) is 63.5 Å². The van der Waals surface area contributed by atoms with Crippen molar-refractivity contribution in [2.24, 2.45) is 4.99 Å². The van der Waals surface area contributed by atoms with Crippen LogP contribution in [-0.4, -0.2) is 49.5 Å². The summed E-state index contributed by atoms with van der Waals surface area (Å²) in [7, 11) is 0. The summed E-state index contributed by atoms with van der Waals surface area (Å²) in [6, 6.07) is 9.70. The highest BCUT2D eigenvalue weighted by Crippen LogP contribution is 2.12. The van der Waals surface area contributed by atoms with Crippen LogP contribution >= 0.6 is 24.0 Å². The van der Waals surface area contributed by atoms with Gasteiger partial charge in [0.25, 0.3) is 6.43 Å². The highest BCUT2D eigenvalue weighted by Gasteiger charge is 2.21. The van der Waals surface area contributed by atoms with E-state index in [0.29, 0.717) is 25.2 Å².